The van der Waals surface area contributed by atoms with E-state index in [4.69, 9.17) is 9.47 Å². The number of aliphatic hydroxyl groups excluding tert-OH is 1. The van der Waals surface area contributed by atoms with E-state index >= 15 is 0 Å². The van der Waals surface area contributed by atoms with Gasteiger partial charge in [0.25, 0.3) is 0 Å². The number of ether oxygens (including phenoxy) is 2. The Bertz CT molecular complexity index is 674. The summed E-state index contributed by atoms with van der Waals surface area (Å²) in [6, 6.07) is 10.1. The highest BCUT2D eigenvalue weighted by atomic mass is 16.5. The second-order valence-corrected chi connectivity index (χ2v) is 5.41. The number of benzene rings is 2. The van der Waals surface area contributed by atoms with Gasteiger partial charge >= 0.3 is 0 Å². The second kappa shape index (κ2) is 8.42. The number of aliphatic hydroxyl groups is 1. The maximum absolute atomic E-state index is 10.2. The first kappa shape index (κ1) is 17.9. The van der Waals surface area contributed by atoms with Crippen LogP contribution in [-0.2, 0) is 6.42 Å². The second-order valence-electron chi connectivity index (χ2n) is 5.41. The molecule has 1 atom stereocenters. The van der Waals surface area contributed by atoms with Gasteiger partial charge in [0.15, 0.2) is 23.0 Å². The van der Waals surface area contributed by atoms with Crippen LogP contribution in [-0.4, -0.2) is 42.6 Å². The summed E-state index contributed by atoms with van der Waals surface area (Å²) in [4.78, 5) is 0. The number of rotatable bonds is 8. The first-order chi connectivity index (χ1) is 11.5. The minimum Gasteiger partial charge on any atom is -0.504 e. The Kier molecular flexibility index (Phi) is 6.28. The standard InChI is InChI=1S/C18H23NO5/c1-23-17-6-3-12(9-15(17)21)7-8-19-11-16(22)13-4-5-14(20)18(10-13)24-2/h3-6,9-10,16,19-22H,7-8,11H2,1-2H3/t16-/m0/s1. The van der Waals surface area contributed by atoms with Gasteiger partial charge in [-0.25, -0.2) is 0 Å². The van der Waals surface area contributed by atoms with E-state index in [0.717, 1.165) is 5.56 Å². The van der Waals surface area contributed by atoms with Gasteiger partial charge < -0.3 is 30.1 Å². The van der Waals surface area contributed by atoms with Gasteiger partial charge in [-0.1, -0.05) is 12.1 Å². The van der Waals surface area contributed by atoms with Crippen molar-refractivity contribution >= 4 is 0 Å². The molecule has 24 heavy (non-hydrogen) atoms. The zero-order valence-electron chi connectivity index (χ0n) is 13.8. The summed E-state index contributed by atoms with van der Waals surface area (Å²) in [7, 11) is 2.98. The average molecular weight is 333 g/mol. The van der Waals surface area contributed by atoms with Crippen LogP contribution in [0.2, 0.25) is 0 Å². The molecule has 6 nitrogen and oxygen atoms in total. The molecule has 0 fully saturated rings. The van der Waals surface area contributed by atoms with E-state index in [-0.39, 0.29) is 11.5 Å². The Labute approximate surface area is 141 Å². The predicted molar refractivity (Wildman–Crippen MR) is 90.9 cm³/mol. The van der Waals surface area contributed by atoms with E-state index in [2.05, 4.69) is 5.32 Å². The van der Waals surface area contributed by atoms with Crippen LogP contribution in [0.1, 0.15) is 17.2 Å². The third-order valence-electron chi connectivity index (χ3n) is 3.76. The van der Waals surface area contributed by atoms with Crippen molar-refractivity contribution in [2.75, 3.05) is 27.3 Å². The highest BCUT2D eigenvalue weighted by Gasteiger charge is 2.10. The molecule has 0 radical (unpaired) electrons. The molecule has 4 N–H and O–H groups in total. The number of nitrogens with one attached hydrogen (secondary N) is 1. The van der Waals surface area contributed by atoms with Gasteiger partial charge in [0.2, 0.25) is 0 Å². The molecular formula is C18H23NO5. The van der Waals surface area contributed by atoms with Gasteiger partial charge in [-0.2, -0.15) is 0 Å². The number of hydrogen-bond acceptors (Lipinski definition) is 6. The van der Waals surface area contributed by atoms with Crippen LogP contribution in [0.25, 0.3) is 0 Å². The molecule has 0 bridgehead atoms. The monoisotopic (exact) mass is 333 g/mol. The fourth-order valence-corrected chi connectivity index (χ4v) is 2.38. The van der Waals surface area contributed by atoms with Crippen molar-refractivity contribution in [1.29, 1.82) is 0 Å². The molecule has 6 heteroatoms. The number of phenols is 2. The van der Waals surface area contributed by atoms with Gasteiger partial charge in [0, 0.05) is 6.54 Å². The Morgan fingerprint density at radius 2 is 1.71 bits per heavy atom. The quantitative estimate of drug-likeness (QED) is 0.552. The van der Waals surface area contributed by atoms with Crippen LogP contribution in [0.4, 0.5) is 0 Å². The van der Waals surface area contributed by atoms with Crippen molar-refractivity contribution in [3.8, 4) is 23.0 Å². The number of aromatic hydroxyl groups is 2. The van der Waals surface area contributed by atoms with E-state index in [0.29, 0.717) is 36.6 Å². The van der Waals surface area contributed by atoms with E-state index in [1.165, 1.54) is 20.3 Å². The minimum absolute atomic E-state index is 0.0423. The lowest BCUT2D eigenvalue weighted by molar-refractivity contribution is 0.174. The molecule has 0 amide bonds. The number of hydrogen-bond donors (Lipinski definition) is 4. The SMILES string of the molecule is COc1ccc(CCNC[C@H](O)c2ccc(O)c(OC)c2)cc1O. The molecule has 130 valence electrons. The molecule has 2 rings (SSSR count). The molecule has 0 aromatic heterocycles. The third-order valence-corrected chi connectivity index (χ3v) is 3.76. The van der Waals surface area contributed by atoms with Crippen LogP contribution in [0.5, 0.6) is 23.0 Å². The molecule has 0 aliphatic heterocycles. The van der Waals surface area contributed by atoms with Crippen LogP contribution in [0.15, 0.2) is 36.4 Å². The van der Waals surface area contributed by atoms with Gasteiger partial charge in [-0.05, 0) is 48.4 Å². The molecule has 0 aliphatic carbocycles. The molecule has 0 heterocycles. The minimum atomic E-state index is -0.705. The Hall–Kier alpha value is -2.44. The van der Waals surface area contributed by atoms with E-state index in [9.17, 15) is 15.3 Å². The largest absolute Gasteiger partial charge is 0.504 e. The van der Waals surface area contributed by atoms with Crippen molar-refractivity contribution in [2.45, 2.75) is 12.5 Å². The van der Waals surface area contributed by atoms with Crippen molar-refractivity contribution in [3.05, 3.63) is 47.5 Å². The highest BCUT2D eigenvalue weighted by molar-refractivity contribution is 5.43. The molecule has 0 aliphatic rings. The van der Waals surface area contributed by atoms with Crippen molar-refractivity contribution < 1.29 is 24.8 Å². The third kappa shape index (κ3) is 4.53. The molecule has 2 aromatic rings. The van der Waals surface area contributed by atoms with E-state index in [1.54, 1.807) is 24.3 Å². The molecule has 0 spiro atoms. The predicted octanol–water partition coefficient (Wildman–Crippen LogP) is 1.98. The Morgan fingerprint density at radius 3 is 2.38 bits per heavy atom. The maximum atomic E-state index is 10.2. The number of methoxy groups -OCH3 is 2. The molecule has 0 saturated carbocycles. The zero-order valence-corrected chi connectivity index (χ0v) is 13.8. The van der Waals surface area contributed by atoms with Crippen LogP contribution < -0.4 is 14.8 Å². The van der Waals surface area contributed by atoms with Gasteiger partial charge in [-0.3, -0.25) is 0 Å². The topological polar surface area (TPSA) is 91.2 Å². The normalized spacial score (nSPS) is 12.0. The molecule has 2 aromatic carbocycles. The van der Waals surface area contributed by atoms with Crippen LogP contribution in [0, 0.1) is 0 Å². The molecular weight excluding hydrogens is 310 g/mol. The summed E-state index contributed by atoms with van der Waals surface area (Å²) in [5.74, 6) is 0.940. The fourth-order valence-electron chi connectivity index (χ4n) is 2.38. The van der Waals surface area contributed by atoms with E-state index in [1.807, 2.05) is 6.07 Å². The molecule has 0 saturated heterocycles. The highest BCUT2D eigenvalue weighted by Crippen LogP contribution is 2.29. The first-order valence-electron chi connectivity index (χ1n) is 7.66. The summed E-state index contributed by atoms with van der Waals surface area (Å²) in [5.41, 5.74) is 1.64. The van der Waals surface area contributed by atoms with Crippen LogP contribution >= 0.6 is 0 Å². The van der Waals surface area contributed by atoms with E-state index < -0.39 is 6.10 Å². The summed E-state index contributed by atoms with van der Waals surface area (Å²) < 4.78 is 10.0. The maximum Gasteiger partial charge on any atom is 0.160 e. The lowest BCUT2D eigenvalue weighted by atomic mass is 10.1. The van der Waals surface area contributed by atoms with Gasteiger partial charge in [0.05, 0.1) is 20.3 Å². The van der Waals surface area contributed by atoms with Crippen molar-refractivity contribution in [1.82, 2.24) is 5.32 Å². The Morgan fingerprint density at radius 1 is 0.958 bits per heavy atom. The summed E-state index contributed by atoms with van der Waals surface area (Å²) >= 11 is 0. The van der Waals surface area contributed by atoms with Gasteiger partial charge in [-0.15, -0.1) is 0 Å². The summed E-state index contributed by atoms with van der Waals surface area (Å²) in [6.07, 6.45) is 0.00664. The van der Waals surface area contributed by atoms with Gasteiger partial charge in [0.1, 0.15) is 0 Å². The smallest absolute Gasteiger partial charge is 0.160 e. The average Bonchev–Trinajstić information content (AvgIpc) is 2.59. The Balaban J connectivity index is 1.82. The fraction of sp³-hybridized carbons (Fsp3) is 0.333. The zero-order chi connectivity index (χ0) is 17.5. The lowest BCUT2D eigenvalue weighted by Gasteiger charge is -2.14. The summed E-state index contributed by atoms with van der Waals surface area (Å²) in [6.45, 7) is 1.02. The summed E-state index contributed by atoms with van der Waals surface area (Å²) in [5, 5.41) is 32.7. The number of phenolic OH excluding ortho intramolecular Hbond substituents is 2. The molecule has 0 unspecified atom stereocenters. The lowest BCUT2D eigenvalue weighted by Crippen LogP contribution is -2.23. The van der Waals surface area contributed by atoms with Crippen LogP contribution in [0.3, 0.4) is 0 Å². The van der Waals surface area contributed by atoms with Crippen molar-refractivity contribution in [2.24, 2.45) is 0 Å². The first-order valence-corrected chi connectivity index (χ1v) is 7.66. The van der Waals surface area contributed by atoms with Crippen molar-refractivity contribution in [3.63, 3.8) is 0 Å².